The molecule has 20 heavy (non-hydrogen) atoms. The first-order valence-electron chi connectivity index (χ1n) is 7.03. The molecular weight excluding hydrogens is 262 g/mol. The van der Waals surface area contributed by atoms with Crippen LogP contribution in [0.5, 0.6) is 0 Å². The third kappa shape index (κ3) is 2.30. The summed E-state index contributed by atoms with van der Waals surface area (Å²) in [4.78, 5) is 11.8. The van der Waals surface area contributed by atoms with Crippen LogP contribution in [0.1, 0.15) is 30.7 Å². The standard InChI is InChI=1S/C15H18F2N2O/c16-10-1-2-11(13(17)7-10)12-9-19-14(20)8-15(12)3-5-18-6-4-15/h1-2,7,12,18H,3-6,8-9H2,(H,19,20). The van der Waals surface area contributed by atoms with Gasteiger partial charge < -0.3 is 10.6 Å². The third-order valence-corrected chi connectivity index (χ3v) is 4.69. The lowest BCUT2D eigenvalue weighted by atomic mass is 9.62. The van der Waals surface area contributed by atoms with Gasteiger partial charge in [-0.2, -0.15) is 0 Å². The van der Waals surface area contributed by atoms with Crippen LogP contribution in [0.2, 0.25) is 0 Å². The summed E-state index contributed by atoms with van der Waals surface area (Å²) in [5.74, 6) is -1.12. The molecule has 0 saturated carbocycles. The zero-order chi connectivity index (χ0) is 14.2. The van der Waals surface area contributed by atoms with Crippen molar-refractivity contribution in [3.8, 4) is 0 Å². The van der Waals surface area contributed by atoms with Gasteiger partial charge in [0, 0.05) is 24.9 Å². The molecule has 0 aromatic heterocycles. The van der Waals surface area contributed by atoms with E-state index in [4.69, 9.17) is 0 Å². The molecule has 0 radical (unpaired) electrons. The minimum atomic E-state index is -0.564. The molecule has 2 heterocycles. The van der Waals surface area contributed by atoms with Crippen molar-refractivity contribution in [3.05, 3.63) is 35.4 Å². The number of hydrogen-bond acceptors (Lipinski definition) is 2. The van der Waals surface area contributed by atoms with E-state index in [-0.39, 0.29) is 17.2 Å². The van der Waals surface area contributed by atoms with E-state index in [1.54, 1.807) is 0 Å². The zero-order valence-electron chi connectivity index (χ0n) is 11.2. The van der Waals surface area contributed by atoms with Crippen LogP contribution in [-0.2, 0) is 4.79 Å². The van der Waals surface area contributed by atoms with Gasteiger partial charge in [0.25, 0.3) is 0 Å². The van der Waals surface area contributed by atoms with Gasteiger partial charge in [-0.3, -0.25) is 4.79 Å². The zero-order valence-corrected chi connectivity index (χ0v) is 11.2. The molecule has 2 N–H and O–H groups in total. The van der Waals surface area contributed by atoms with Gasteiger partial charge in [-0.25, -0.2) is 8.78 Å². The Kier molecular flexibility index (Phi) is 3.46. The Morgan fingerprint density at radius 2 is 1.95 bits per heavy atom. The first-order valence-corrected chi connectivity index (χ1v) is 7.03. The molecule has 2 aliphatic rings. The van der Waals surface area contributed by atoms with Crippen LogP contribution in [0.4, 0.5) is 8.78 Å². The highest BCUT2D eigenvalue weighted by molar-refractivity contribution is 5.78. The third-order valence-electron chi connectivity index (χ3n) is 4.69. The molecule has 3 rings (SSSR count). The van der Waals surface area contributed by atoms with Crippen LogP contribution in [0.25, 0.3) is 0 Å². The summed E-state index contributed by atoms with van der Waals surface area (Å²) >= 11 is 0. The van der Waals surface area contributed by atoms with Gasteiger partial charge in [0.05, 0.1) is 0 Å². The highest BCUT2D eigenvalue weighted by Gasteiger charge is 2.45. The molecule has 1 atom stereocenters. The Bertz CT molecular complexity index is 527. The SMILES string of the molecule is O=C1CC2(CCNCC2)C(c2ccc(F)cc2F)CN1. The van der Waals surface area contributed by atoms with E-state index >= 15 is 0 Å². The Labute approximate surface area is 116 Å². The molecule has 1 amide bonds. The maximum Gasteiger partial charge on any atom is 0.220 e. The lowest BCUT2D eigenvalue weighted by Gasteiger charge is -2.46. The molecule has 1 aromatic carbocycles. The quantitative estimate of drug-likeness (QED) is 0.825. The first kappa shape index (κ1) is 13.5. The summed E-state index contributed by atoms with van der Waals surface area (Å²) in [6.45, 7) is 2.11. The van der Waals surface area contributed by atoms with Crippen LogP contribution in [0.15, 0.2) is 18.2 Å². The molecule has 1 spiro atoms. The molecule has 3 nitrogen and oxygen atoms in total. The van der Waals surface area contributed by atoms with Crippen molar-refractivity contribution >= 4 is 5.91 Å². The van der Waals surface area contributed by atoms with Crippen molar-refractivity contribution in [1.82, 2.24) is 10.6 Å². The fourth-order valence-electron chi connectivity index (χ4n) is 3.61. The second kappa shape index (κ2) is 5.13. The number of carbonyl (C=O) groups excluding carboxylic acids is 1. The van der Waals surface area contributed by atoms with E-state index in [1.165, 1.54) is 12.1 Å². The fourth-order valence-corrected chi connectivity index (χ4v) is 3.61. The Morgan fingerprint density at radius 1 is 1.20 bits per heavy atom. The molecule has 1 aromatic rings. The van der Waals surface area contributed by atoms with E-state index in [2.05, 4.69) is 10.6 Å². The maximum atomic E-state index is 14.1. The van der Waals surface area contributed by atoms with E-state index in [9.17, 15) is 13.6 Å². The lowest BCUT2D eigenvalue weighted by molar-refractivity contribution is -0.127. The molecular formula is C15H18F2N2O. The van der Waals surface area contributed by atoms with Crippen molar-refractivity contribution in [2.75, 3.05) is 19.6 Å². The summed E-state index contributed by atoms with van der Waals surface area (Å²) in [6, 6.07) is 3.75. The van der Waals surface area contributed by atoms with Gasteiger partial charge in [0.2, 0.25) is 5.91 Å². The molecule has 0 bridgehead atoms. The second-order valence-corrected chi connectivity index (χ2v) is 5.81. The van der Waals surface area contributed by atoms with Crippen LogP contribution >= 0.6 is 0 Å². The second-order valence-electron chi connectivity index (χ2n) is 5.81. The summed E-state index contributed by atoms with van der Waals surface area (Å²) < 4.78 is 27.2. The average Bonchev–Trinajstić information content (AvgIpc) is 2.41. The molecule has 5 heteroatoms. The predicted octanol–water partition coefficient (Wildman–Crippen LogP) is 1.94. The molecule has 108 valence electrons. The first-order chi connectivity index (χ1) is 9.61. The van der Waals surface area contributed by atoms with Crippen molar-refractivity contribution < 1.29 is 13.6 Å². The van der Waals surface area contributed by atoms with Crippen LogP contribution < -0.4 is 10.6 Å². The smallest absolute Gasteiger partial charge is 0.220 e. The number of amides is 1. The fraction of sp³-hybridized carbons (Fsp3) is 0.533. The number of rotatable bonds is 1. The molecule has 2 fully saturated rings. The van der Waals surface area contributed by atoms with Crippen molar-refractivity contribution in [2.45, 2.75) is 25.2 Å². The number of benzene rings is 1. The van der Waals surface area contributed by atoms with E-state index in [0.29, 0.717) is 18.5 Å². The summed E-state index contributed by atoms with van der Waals surface area (Å²) in [5.41, 5.74) is 0.319. The van der Waals surface area contributed by atoms with Gasteiger partial charge in [-0.05, 0) is 43.0 Å². The highest BCUT2D eigenvalue weighted by atomic mass is 19.1. The van der Waals surface area contributed by atoms with Crippen molar-refractivity contribution in [2.24, 2.45) is 5.41 Å². The molecule has 1 unspecified atom stereocenters. The van der Waals surface area contributed by atoms with Crippen molar-refractivity contribution in [3.63, 3.8) is 0 Å². The molecule has 2 saturated heterocycles. The summed E-state index contributed by atoms with van der Waals surface area (Å²) in [7, 11) is 0. The van der Waals surface area contributed by atoms with E-state index in [0.717, 1.165) is 32.0 Å². The monoisotopic (exact) mass is 280 g/mol. The number of halogens is 2. The average molecular weight is 280 g/mol. The maximum absolute atomic E-state index is 14.1. The largest absolute Gasteiger partial charge is 0.355 e. The highest BCUT2D eigenvalue weighted by Crippen LogP contribution is 2.48. The van der Waals surface area contributed by atoms with Crippen LogP contribution in [0, 0.1) is 17.0 Å². The van der Waals surface area contributed by atoms with Crippen LogP contribution in [0.3, 0.4) is 0 Å². The van der Waals surface area contributed by atoms with E-state index in [1.807, 2.05) is 0 Å². The molecule has 2 aliphatic heterocycles. The Hall–Kier alpha value is -1.49. The minimum Gasteiger partial charge on any atom is -0.355 e. The van der Waals surface area contributed by atoms with Gasteiger partial charge >= 0.3 is 0 Å². The van der Waals surface area contributed by atoms with Crippen molar-refractivity contribution in [1.29, 1.82) is 0 Å². The summed E-state index contributed by atoms with van der Waals surface area (Å²) in [6.07, 6.45) is 2.12. The Balaban J connectivity index is 1.98. The van der Waals surface area contributed by atoms with E-state index < -0.39 is 11.6 Å². The van der Waals surface area contributed by atoms with Crippen LogP contribution in [-0.4, -0.2) is 25.5 Å². The number of carbonyl (C=O) groups is 1. The Morgan fingerprint density at radius 3 is 2.65 bits per heavy atom. The lowest BCUT2D eigenvalue weighted by Crippen LogP contribution is -2.51. The van der Waals surface area contributed by atoms with Gasteiger partial charge in [0.1, 0.15) is 11.6 Å². The minimum absolute atomic E-state index is 0.0330. The van der Waals surface area contributed by atoms with Gasteiger partial charge in [0.15, 0.2) is 0 Å². The number of hydrogen-bond donors (Lipinski definition) is 2. The summed E-state index contributed by atoms with van der Waals surface area (Å²) in [5, 5.41) is 6.11. The number of nitrogens with one attached hydrogen (secondary N) is 2. The normalized spacial score (nSPS) is 25.5. The number of piperidine rings is 2. The molecule has 0 aliphatic carbocycles. The topological polar surface area (TPSA) is 41.1 Å². The predicted molar refractivity (Wildman–Crippen MR) is 71.3 cm³/mol. The van der Waals surface area contributed by atoms with Gasteiger partial charge in [-0.1, -0.05) is 6.07 Å². The van der Waals surface area contributed by atoms with Gasteiger partial charge in [-0.15, -0.1) is 0 Å².